The molecule has 0 amide bonds. The van der Waals surface area contributed by atoms with Crippen molar-refractivity contribution in [3.05, 3.63) is 57.9 Å². The third-order valence-corrected chi connectivity index (χ3v) is 7.39. The normalized spacial score (nSPS) is 14.4. The van der Waals surface area contributed by atoms with E-state index in [9.17, 15) is 18.5 Å². The lowest BCUT2D eigenvalue weighted by atomic mass is 10.0. The zero-order valence-corrected chi connectivity index (χ0v) is 19.5. The summed E-state index contributed by atoms with van der Waals surface area (Å²) in [6.07, 6.45) is 3.95. The predicted octanol–water partition coefficient (Wildman–Crippen LogP) is 3.33. The number of fused-ring (bicyclic) bond motifs is 1. The van der Waals surface area contributed by atoms with E-state index in [1.165, 1.54) is 22.5 Å². The van der Waals surface area contributed by atoms with Crippen LogP contribution in [0, 0.1) is 10.1 Å². The Morgan fingerprint density at radius 1 is 1.17 bits per heavy atom. The van der Waals surface area contributed by atoms with E-state index in [0.717, 1.165) is 11.1 Å². The molecule has 0 spiro atoms. The molecule has 3 rings (SSSR count). The quantitative estimate of drug-likeness (QED) is 0.286. The Labute approximate surface area is 186 Å². The molecule has 1 aliphatic rings. The van der Waals surface area contributed by atoms with Crippen molar-refractivity contribution in [2.45, 2.75) is 17.9 Å². The van der Waals surface area contributed by atoms with Crippen LogP contribution in [0.2, 0.25) is 0 Å². The Morgan fingerprint density at radius 3 is 2.55 bits per heavy atom. The average molecular weight is 548 g/mol. The number of pyridine rings is 1. The molecular weight excluding hydrogens is 528 g/mol. The van der Waals surface area contributed by atoms with Gasteiger partial charge in [0.05, 0.1) is 10.6 Å². The van der Waals surface area contributed by atoms with Crippen molar-refractivity contribution < 1.29 is 13.3 Å². The second kappa shape index (κ2) is 9.50. The third-order valence-electron chi connectivity index (χ3n) is 4.80. The number of non-ortho nitro benzene ring substituents is 1. The minimum Gasteiger partial charge on any atom is -0.369 e. The topological polar surface area (TPSA) is 96.7 Å². The van der Waals surface area contributed by atoms with Crippen LogP contribution < -0.4 is 4.90 Å². The average Bonchev–Trinajstić information content (AvgIpc) is 2.72. The fraction of sp³-hybridized carbons (Fsp3) is 0.389. The smallest absolute Gasteiger partial charge is 0.270 e. The summed E-state index contributed by atoms with van der Waals surface area (Å²) in [6.45, 7) is 1.65. The number of hydrogen-bond acceptors (Lipinski definition) is 6. The van der Waals surface area contributed by atoms with Crippen LogP contribution >= 0.6 is 31.9 Å². The van der Waals surface area contributed by atoms with Gasteiger partial charge in [-0.15, -0.1) is 0 Å². The first kappa shape index (κ1) is 22.1. The maximum Gasteiger partial charge on any atom is 0.270 e. The van der Waals surface area contributed by atoms with Crippen molar-refractivity contribution in [3.8, 4) is 0 Å². The molecule has 0 unspecified atom stereocenters. The van der Waals surface area contributed by atoms with E-state index in [2.05, 4.69) is 36.8 Å². The molecule has 0 radical (unpaired) electrons. The lowest BCUT2D eigenvalue weighted by molar-refractivity contribution is -0.385. The minimum absolute atomic E-state index is 0.0408. The number of anilines is 1. The first-order chi connectivity index (χ1) is 13.9. The van der Waals surface area contributed by atoms with Crippen LogP contribution in [0.3, 0.4) is 0 Å². The summed E-state index contributed by atoms with van der Waals surface area (Å²) in [5.74, 6) is 0. The Balaban J connectivity index is 2.06. The van der Waals surface area contributed by atoms with Crippen LogP contribution in [0.25, 0.3) is 0 Å². The van der Waals surface area contributed by atoms with Gasteiger partial charge in [-0.2, -0.15) is 4.31 Å². The molecule has 0 atom stereocenters. The Kier molecular flexibility index (Phi) is 7.25. The first-order valence-electron chi connectivity index (χ1n) is 8.95. The Hall–Kier alpha value is -1.56. The van der Waals surface area contributed by atoms with Gasteiger partial charge in [-0.25, -0.2) is 8.42 Å². The van der Waals surface area contributed by atoms with Crippen molar-refractivity contribution >= 4 is 53.3 Å². The molecular formula is C18H20Br2N4O4S. The number of rotatable bonds is 8. The molecule has 0 saturated heterocycles. The van der Waals surface area contributed by atoms with E-state index in [4.69, 9.17) is 0 Å². The van der Waals surface area contributed by atoms with E-state index >= 15 is 0 Å². The van der Waals surface area contributed by atoms with Gasteiger partial charge in [0.1, 0.15) is 4.90 Å². The number of nitrogens with zero attached hydrogens (tertiary/aromatic N) is 4. The van der Waals surface area contributed by atoms with E-state index in [0.29, 0.717) is 42.4 Å². The maximum absolute atomic E-state index is 13.5. The summed E-state index contributed by atoms with van der Waals surface area (Å²) in [4.78, 5) is 16.7. The van der Waals surface area contributed by atoms with E-state index in [1.54, 1.807) is 12.4 Å². The lowest BCUT2D eigenvalue weighted by Gasteiger charge is -2.31. The summed E-state index contributed by atoms with van der Waals surface area (Å²) in [5, 5.41) is 12.6. The molecule has 0 N–H and O–H groups in total. The van der Waals surface area contributed by atoms with Crippen molar-refractivity contribution in [2.24, 2.45) is 0 Å². The number of alkyl halides is 2. The highest BCUT2D eigenvalue weighted by Crippen LogP contribution is 2.34. The molecule has 2 heterocycles. The van der Waals surface area contributed by atoms with Crippen LogP contribution in [0.1, 0.15) is 11.1 Å². The minimum atomic E-state index is -3.94. The van der Waals surface area contributed by atoms with Crippen molar-refractivity contribution in [2.75, 3.05) is 35.2 Å². The molecule has 0 saturated carbocycles. The molecule has 0 aliphatic carbocycles. The molecule has 1 aromatic carbocycles. The molecule has 0 bridgehead atoms. The van der Waals surface area contributed by atoms with Gasteiger partial charge in [-0.3, -0.25) is 15.1 Å². The monoisotopic (exact) mass is 546 g/mol. The number of sulfonamides is 1. The van der Waals surface area contributed by atoms with E-state index < -0.39 is 14.9 Å². The van der Waals surface area contributed by atoms with E-state index in [1.807, 2.05) is 11.0 Å². The summed E-state index contributed by atoms with van der Waals surface area (Å²) < 4.78 is 28.5. The van der Waals surface area contributed by atoms with Crippen molar-refractivity contribution in [1.82, 2.24) is 9.29 Å². The third kappa shape index (κ3) is 4.79. The predicted molar refractivity (Wildman–Crippen MR) is 118 cm³/mol. The summed E-state index contributed by atoms with van der Waals surface area (Å²) >= 11 is 6.79. The fourth-order valence-electron chi connectivity index (χ4n) is 3.34. The molecule has 1 aromatic heterocycles. The second-order valence-corrected chi connectivity index (χ2v) is 10.00. The highest BCUT2D eigenvalue weighted by atomic mass is 79.9. The van der Waals surface area contributed by atoms with Gasteiger partial charge in [0, 0.05) is 61.4 Å². The fourth-order valence-corrected chi connectivity index (χ4v) is 5.85. The molecule has 2 aromatic rings. The largest absolute Gasteiger partial charge is 0.369 e. The number of benzene rings is 1. The molecule has 8 nitrogen and oxygen atoms in total. The van der Waals surface area contributed by atoms with Gasteiger partial charge in [0.25, 0.3) is 5.69 Å². The number of halogens is 2. The van der Waals surface area contributed by atoms with Gasteiger partial charge in [-0.05, 0) is 29.7 Å². The molecule has 156 valence electrons. The number of nitro groups is 1. The Bertz CT molecular complexity index is 997. The van der Waals surface area contributed by atoms with E-state index in [-0.39, 0.29) is 17.1 Å². The SMILES string of the molecule is O=[N+]([O-])c1ccc(N(CCBr)CCBr)c(S(=O)(=O)N2CCc3ccncc3C2)c1. The van der Waals surface area contributed by atoms with Gasteiger partial charge in [0.2, 0.25) is 10.0 Å². The molecule has 29 heavy (non-hydrogen) atoms. The molecule has 1 aliphatic heterocycles. The van der Waals surface area contributed by atoms with Gasteiger partial charge in [0.15, 0.2) is 0 Å². The first-order valence-corrected chi connectivity index (χ1v) is 12.6. The summed E-state index contributed by atoms with van der Waals surface area (Å²) in [5.41, 5.74) is 2.15. The van der Waals surface area contributed by atoms with Crippen LogP contribution in [-0.4, -0.2) is 52.9 Å². The maximum atomic E-state index is 13.5. The lowest BCUT2D eigenvalue weighted by Crippen LogP contribution is -2.37. The zero-order valence-electron chi connectivity index (χ0n) is 15.5. The number of hydrogen-bond donors (Lipinski definition) is 0. The van der Waals surface area contributed by atoms with Crippen LogP contribution in [0.4, 0.5) is 11.4 Å². The van der Waals surface area contributed by atoms with Crippen LogP contribution in [0.15, 0.2) is 41.6 Å². The van der Waals surface area contributed by atoms with Crippen molar-refractivity contribution in [3.63, 3.8) is 0 Å². The van der Waals surface area contributed by atoms with Gasteiger partial charge in [-0.1, -0.05) is 31.9 Å². The number of nitro benzene ring substituents is 1. The highest BCUT2D eigenvalue weighted by molar-refractivity contribution is 9.09. The standard InChI is InChI=1S/C18H20Br2N4O4S/c19-5-9-22(10-6-20)17-2-1-16(24(25)26)11-18(17)29(27,28)23-8-4-14-3-7-21-12-15(14)13-23/h1-3,7,11-12H,4-6,8-10,13H2. The Morgan fingerprint density at radius 2 is 1.90 bits per heavy atom. The van der Waals surface area contributed by atoms with Crippen molar-refractivity contribution in [1.29, 1.82) is 0 Å². The van der Waals surface area contributed by atoms with Crippen LogP contribution in [0.5, 0.6) is 0 Å². The number of aromatic nitrogens is 1. The molecule has 0 fully saturated rings. The molecule has 11 heteroatoms. The summed E-state index contributed by atoms with van der Waals surface area (Å²) in [7, 11) is -3.94. The van der Waals surface area contributed by atoms with Gasteiger partial charge < -0.3 is 4.90 Å². The second-order valence-electron chi connectivity index (χ2n) is 6.51. The van der Waals surface area contributed by atoms with Crippen LogP contribution in [-0.2, 0) is 23.0 Å². The summed E-state index contributed by atoms with van der Waals surface area (Å²) in [6, 6.07) is 5.93. The van der Waals surface area contributed by atoms with Gasteiger partial charge >= 0.3 is 0 Å². The zero-order chi connectivity index (χ0) is 21.0. The highest BCUT2D eigenvalue weighted by Gasteiger charge is 2.33.